The van der Waals surface area contributed by atoms with Gasteiger partial charge in [-0.3, -0.25) is 0 Å². The third-order valence-electron chi connectivity index (χ3n) is 3.51. The second kappa shape index (κ2) is 7.27. The first-order valence-electron chi connectivity index (χ1n) is 7.82. The van der Waals surface area contributed by atoms with Gasteiger partial charge in [0, 0.05) is 0 Å². The van der Waals surface area contributed by atoms with Gasteiger partial charge in [-0.05, 0) is 37.3 Å². The molecule has 124 valence electrons. The highest BCUT2D eigenvalue weighted by molar-refractivity contribution is 7.30. The quantitative estimate of drug-likeness (QED) is 0.306. The van der Waals surface area contributed by atoms with Crippen molar-refractivity contribution in [1.82, 2.24) is 4.98 Å². The number of fused-ring (bicyclic) bond motifs is 1. The van der Waals surface area contributed by atoms with Crippen molar-refractivity contribution in [1.29, 1.82) is 0 Å². The molecular weight excluding hydrogens is 361 g/mol. The lowest BCUT2D eigenvalue weighted by molar-refractivity contribution is 1.21. The summed E-state index contributed by atoms with van der Waals surface area (Å²) in [5, 5.41) is 18.4. The summed E-state index contributed by atoms with van der Waals surface area (Å²) >= 11 is 2.96. The first-order chi connectivity index (χ1) is 12.7. The fourth-order valence-electron chi connectivity index (χ4n) is 2.16. The van der Waals surface area contributed by atoms with Gasteiger partial charge >= 0.3 is 0 Å². The summed E-state index contributed by atoms with van der Waals surface area (Å²) in [5.41, 5.74) is 3.47. The highest BCUT2D eigenvalue weighted by Gasteiger charge is 2.08. The van der Waals surface area contributed by atoms with Gasteiger partial charge in [0.15, 0.2) is 0 Å². The van der Waals surface area contributed by atoms with Crippen LogP contribution >= 0.6 is 22.7 Å². The predicted molar refractivity (Wildman–Crippen MR) is 109 cm³/mol. The molecule has 4 rings (SSSR count). The van der Waals surface area contributed by atoms with Crippen LogP contribution in [0, 0.1) is 6.92 Å². The molecule has 4 aromatic rings. The maximum atomic E-state index is 5.66. The van der Waals surface area contributed by atoms with E-state index in [1.54, 1.807) is 12.1 Å². The molecule has 0 aliphatic carbocycles. The SMILES string of the molecule is [B]c1ccc(N=Nc2nc3sc(N=Nc4ccc(C)cc4)cc3s2)cc1. The molecule has 8 heteroatoms. The number of hydrogen-bond donors (Lipinski definition) is 0. The number of hydrogen-bond acceptors (Lipinski definition) is 7. The zero-order valence-corrected chi connectivity index (χ0v) is 15.5. The van der Waals surface area contributed by atoms with Gasteiger partial charge in [0.1, 0.15) is 17.7 Å². The van der Waals surface area contributed by atoms with Crippen LogP contribution in [0.4, 0.5) is 21.5 Å². The van der Waals surface area contributed by atoms with Gasteiger partial charge in [-0.15, -0.1) is 20.5 Å². The summed E-state index contributed by atoms with van der Waals surface area (Å²) in [6, 6.07) is 17.1. The predicted octanol–water partition coefficient (Wildman–Crippen LogP) is 6.29. The van der Waals surface area contributed by atoms with Crippen LogP contribution in [0.5, 0.6) is 0 Å². The molecule has 0 atom stereocenters. The molecule has 0 spiro atoms. The van der Waals surface area contributed by atoms with Gasteiger partial charge in [0.05, 0.1) is 16.1 Å². The van der Waals surface area contributed by atoms with E-state index in [-0.39, 0.29) is 0 Å². The standard InChI is InChI=1S/C18H12BN5S2/c1-11-2-6-13(7-3-11)21-23-16-10-15-17(26-16)20-18(25-15)24-22-14-8-4-12(19)5-9-14/h2-10H,1H3. The van der Waals surface area contributed by atoms with Crippen molar-refractivity contribution < 1.29 is 0 Å². The Bertz CT molecular complexity index is 979. The molecule has 0 amide bonds. The molecule has 0 unspecified atom stereocenters. The fraction of sp³-hybridized carbons (Fsp3) is 0.0556. The molecule has 0 N–H and O–H groups in total. The van der Waals surface area contributed by atoms with Gasteiger partial charge in [0.2, 0.25) is 5.13 Å². The lowest BCUT2D eigenvalue weighted by Gasteiger charge is -1.92. The van der Waals surface area contributed by atoms with Crippen molar-refractivity contribution in [3.63, 3.8) is 0 Å². The molecule has 2 radical (unpaired) electrons. The van der Waals surface area contributed by atoms with Crippen molar-refractivity contribution in [2.24, 2.45) is 20.5 Å². The van der Waals surface area contributed by atoms with E-state index in [1.165, 1.54) is 28.2 Å². The monoisotopic (exact) mass is 373 g/mol. The number of aromatic nitrogens is 1. The minimum Gasteiger partial charge on any atom is -0.206 e. The molecule has 0 aliphatic rings. The number of aryl methyl sites for hydroxylation is 1. The first kappa shape index (κ1) is 16.7. The second-order valence-electron chi connectivity index (χ2n) is 5.58. The lowest BCUT2D eigenvalue weighted by Crippen LogP contribution is -1.97. The lowest BCUT2D eigenvalue weighted by atomic mass is 9.96. The average molecular weight is 373 g/mol. The molecule has 0 saturated heterocycles. The highest BCUT2D eigenvalue weighted by Crippen LogP contribution is 2.39. The summed E-state index contributed by atoms with van der Waals surface area (Å²) in [4.78, 5) is 5.37. The van der Waals surface area contributed by atoms with Crippen molar-refractivity contribution >= 4 is 67.0 Å². The Morgan fingerprint density at radius 1 is 0.808 bits per heavy atom. The van der Waals surface area contributed by atoms with Gasteiger partial charge in [-0.2, -0.15) is 0 Å². The van der Waals surface area contributed by atoms with E-state index in [1.807, 2.05) is 49.4 Å². The van der Waals surface area contributed by atoms with Crippen molar-refractivity contribution in [3.8, 4) is 0 Å². The minimum atomic E-state index is 0.616. The van der Waals surface area contributed by atoms with Gasteiger partial charge in [0.25, 0.3) is 0 Å². The minimum absolute atomic E-state index is 0.616. The Morgan fingerprint density at radius 2 is 1.46 bits per heavy atom. The second-order valence-corrected chi connectivity index (χ2v) is 7.60. The molecule has 26 heavy (non-hydrogen) atoms. The summed E-state index contributed by atoms with van der Waals surface area (Å²) in [5.74, 6) is 0. The van der Waals surface area contributed by atoms with Crippen LogP contribution in [-0.2, 0) is 0 Å². The maximum Gasteiger partial charge on any atom is 0.231 e. The number of thiophene rings is 1. The Balaban J connectivity index is 1.50. The number of azo groups is 2. The Hall–Kier alpha value is -2.71. The molecular formula is C18H12BN5S2. The van der Waals surface area contributed by atoms with Crippen LogP contribution in [0.3, 0.4) is 0 Å². The summed E-state index contributed by atoms with van der Waals surface area (Å²) < 4.78 is 1.03. The topological polar surface area (TPSA) is 62.3 Å². The molecule has 0 fully saturated rings. The van der Waals surface area contributed by atoms with Crippen molar-refractivity contribution in [2.75, 3.05) is 0 Å². The van der Waals surface area contributed by atoms with Crippen LogP contribution in [0.15, 0.2) is 75.1 Å². The molecule has 0 aliphatic heterocycles. The van der Waals surface area contributed by atoms with E-state index in [0.29, 0.717) is 10.6 Å². The van der Waals surface area contributed by atoms with Crippen LogP contribution in [0.25, 0.3) is 9.53 Å². The van der Waals surface area contributed by atoms with Gasteiger partial charge < -0.3 is 0 Å². The normalized spacial score (nSPS) is 11.9. The maximum absolute atomic E-state index is 5.66. The first-order valence-corrected chi connectivity index (χ1v) is 9.45. The van der Waals surface area contributed by atoms with Gasteiger partial charge in [-0.1, -0.05) is 58.0 Å². The largest absolute Gasteiger partial charge is 0.231 e. The molecule has 0 bridgehead atoms. The summed E-state index contributed by atoms with van der Waals surface area (Å²) in [7, 11) is 5.66. The van der Waals surface area contributed by atoms with Crippen molar-refractivity contribution in [2.45, 2.75) is 6.92 Å². The smallest absolute Gasteiger partial charge is 0.206 e. The number of thiazole rings is 1. The summed E-state index contributed by atoms with van der Waals surface area (Å²) in [6.07, 6.45) is 0. The average Bonchev–Trinajstić information content (AvgIpc) is 3.19. The number of rotatable bonds is 4. The zero-order valence-electron chi connectivity index (χ0n) is 13.8. The fourth-order valence-corrected chi connectivity index (χ4v) is 4.01. The van der Waals surface area contributed by atoms with E-state index in [9.17, 15) is 0 Å². The molecule has 2 aromatic carbocycles. The Morgan fingerprint density at radius 3 is 2.15 bits per heavy atom. The van der Waals surface area contributed by atoms with Crippen LogP contribution < -0.4 is 5.46 Å². The van der Waals surface area contributed by atoms with Crippen LogP contribution in [-0.4, -0.2) is 12.8 Å². The van der Waals surface area contributed by atoms with Crippen LogP contribution in [0.2, 0.25) is 0 Å². The third kappa shape index (κ3) is 3.92. The molecule has 5 nitrogen and oxygen atoms in total. The molecule has 0 saturated carbocycles. The Kier molecular flexibility index (Phi) is 4.68. The van der Waals surface area contributed by atoms with E-state index >= 15 is 0 Å². The zero-order chi connectivity index (χ0) is 17.9. The number of nitrogens with zero attached hydrogens (tertiary/aromatic N) is 5. The molecule has 2 heterocycles. The Labute approximate surface area is 159 Å². The van der Waals surface area contributed by atoms with Gasteiger partial charge in [-0.25, -0.2) is 4.98 Å². The third-order valence-corrected chi connectivity index (χ3v) is 5.44. The van der Waals surface area contributed by atoms with Crippen LogP contribution in [0.1, 0.15) is 5.56 Å². The van der Waals surface area contributed by atoms with Crippen molar-refractivity contribution in [3.05, 3.63) is 60.2 Å². The number of benzene rings is 2. The van der Waals surface area contributed by atoms with E-state index in [2.05, 4.69) is 25.4 Å². The van der Waals surface area contributed by atoms with E-state index < -0.39 is 0 Å². The molecule has 2 aromatic heterocycles. The van der Waals surface area contributed by atoms with E-state index in [4.69, 9.17) is 7.85 Å². The highest BCUT2D eigenvalue weighted by atomic mass is 32.1. The summed E-state index contributed by atoms with van der Waals surface area (Å²) in [6.45, 7) is 2.04. The van der Waals surface area contributed by atoms with E-state index in [0.717, 1.165) is 25.9 Å².